The average Bonchev–Trinajstić information content (AvgIpc) is 2.80. The number of benzene rings is 2. The zero-order valence-corrected chi connectivity index (χ0v) is 16.6. The number of ether oxygens (including phenoxy) is 2. The van der Waals surface area contributed by atoms with Crippen molar-refractivity contribution in [2.45, 2.75) is 6.92 Å². The molecule has 2 aromatic carbocycles. The number of methoxy groups -OCH3 is 1. The van der Waals surface area contributed by atoms with Crippen LogP contribution in [0.25, 0.3) is 21.8 Å². The topological polar surface area (TPSA) is 85.7 Å². The highest BCUT2D eigenvalue weighted by Crippen LogP contribution is 2.29. The van der Waals surface area contributed by atoms with Crippen LogP contribution in [0.5, 0.6) is 5.75 Å². The van der Waals surface area contributed by atoms with Gasteiger partial charge in [-0.2, -0.15) is 5.10 Å². The van der Waals surface area contributed by atoms with E-state index in [0.29, 0.717) is 17.0 Å². The molecule has 4 aromatic rings. The minimum Gasteiger partial charge on any atom is -0.497 e. The Morgan fingerprint density at radius 3 is 2.50 bits per heavy atom. The van der Waals surface area contributed by atoms with Gasteiger partial charge in [0, 0.05) is 28.7 Å². The molecule has 0 radical (unpaired) electrons. The SMILES string of the molecule is CCOC(=O)/C(=N\Nc1cc2cccnc2c2ncccc12)c1ccc(OC)cc1. The average molecular weight is 400 g/mol. The van der Waals surface area contributed by atoms with Crippen LogP contribution in [0, 0.1) is 0 Å². The Hall–Kier alpha value is -4.00. The van der Waals surface area contributed by atoms with Gasteiger partial charge < -0.3 is 9.47 Å². The van der Waals surface area contributed by atoms with Gasteiger partial charge in [-0.15, -0.1) is 0 Å². The summed E-state index contributed by atoms with van der Waals surface area (Å²) in [6, 6.07) is 16.6. The van der Waals surface area contributed by atoms with Crippen molar-refractivity contribution in [3.05, 3.63) is 72.6 Å². The highest BCUT2D eigenvalue weighted by molar-refractivity contribution is 6.43. The first-order valence-electron chi connectivity index (χ1n) is 9.49. The van der Waals surface area contributed by atoms with Gasteiger partial charge in [0.2, 0.25) is 0 Å². The fraction of sp³-hybridized carbons (Fsp3) is 0.130. The van der Waals surface area contributed by atoms with E-state index in [-0.39, 0.29) is 12.3 Å². The number of anilines is 1. The van der Waals surface area contributed by atoms with E-state index in [1.807, 2.05) is 30.3 Å². The van der Waals surface area contributed by atoms with E-state index in [1.165, 1.54) is 0 Å². The van der Waals surface area contributed by atoms with Gasteiger partial charge in [0.05, 0.1) is 30.4 Å². The van der Waals surface area contributed by atoms with Crippen LogP contribution in [0.3, 0.4) is 0 Å². The number of carbonyl (C=O) groups excluding carboxylic acids is 1. The number of aromatic nitrogens is 2. The first-order valence-corrected chi connectivity index (χ1v) is 9.49. The number of hydrogen-bond acceptors (Lipinski definition) is 7. The first kappa shape index (κ1) is 19.3. The molecule has 30 heavy (non-hydrogen) atoms. The lowest BCUT2D eigenvalue weighted by molar-refractivity contribution is -0.134. The number of nitrogens with one attached hydrogen (secondary N) is 1. The van der Waals surface area contributed by atoms with Crippen molar-refractivity contribution in [1.29, 1.82) is 0 Å². The van der Waals surface area contributed by atoms with Crippen LogP contribution >= 0.6 is 0 Å². The summed E-state index contributed by atoms with van der Waals surface area (Å²) in [5, 5.41) is 6.17. The maximum Gasteiger partial charge on any atom is 0.359 e. The number of esters is 1. The van der Waals surface area contributed by atoms with Gasteiger partial charge in [-0.25, -0.2) is 4.79 Å². The van der Waals surface area contributed by atoms with E-state index >= 15 is 0 Å². The van der Waals surface area contributed by atoms with Gasteiger partial charge in [0.1, 0.15) is 5.75 Å². The van der Waals surface area contributed by atoms with Gasteiger partial charge in [-0.1, -0.05) is 6.07 Å². The van der Waals surface area contributed by atoms with Crippen LogP contribution in [0.15, 0.2) is 72.1 Å². The van der Waals surface area contributed by atoms with E-state index < -0.39 is 5.97 Å². The van der Waals surface area contributed by atoms with Crippen LogP contribution in [-0.4, -0.2) is 35.4 Å². The molecule has 7 nitrogen and oxygen atoms in total. The summed E-state index contributed by atoms with van der Waals surface area (Å²) in [5.74, 6) is 0.175. The fourth-order valence-corrected chi connectivity index (χ4v) is 3.16. The van der Waals surface area contributed by atoms with Crippen molar-refractivity contribution in [3.8, 4) is 5.75 Å². The van der Waals surface area contributed by atoms with Crippen LogP contribution in [0.2, 0.25) is 0 Å². The van der Waals surface area contributed by atoms with Crippen molar-refractivity contribution >= 4 is 39.2 Å². The molecule has 0 amide bonds. The third-order valence-corrected chi connectivity index (χ3v) is 4.58. The molecule has 0 saturated heterocycles. The summed E-state index contributed by atoms with van der Waals surface area (Å²) >= 11 is 0. The van der Waals surface area contributed by atoms with Crippen LogP contribution in [-0.2, 0) is 9.53 Å². The maximum atomic E-state index is 12.5. The number of pyridine rings is 2. The molecule has 2 heterocycles. The fourth-order valence-electron chi connectivity index (χ4n) is 3.16. The van der Waals surface area contributed by atoms with E-state index in [0.717, 1.165) is 21.8 Å². The zero-order valence-electron chi connectivity index (χ0n) is 16.6. The predicted molar refractivity (Wildman–Crippen MR) is 117 cm³/mol. The summed E-state index contributed by atoms with van der Waals surface area (Å²) in [5.41, 5.74) is 6.11. The normalized spacial score (nSPS) is 11.5. The Kier molecular flexibility index (Phi) is 5.52. The van der Waals surface area contributed by atoms with Crippen LogP contribution in [0.1, 0.15) is 12.5 Å². The van der Waals surface area contributed by atoms with Crippen LogP contribution < -0.4 is 10.2 Å². The van der Waals surface area contributed by atoms with E-state index in [1.54, 1.807) is 50.7 Å². The number of rotatable bonds is 6. The monoisotopic (exact) mass is 400 g/mol. The van der Waals surface area contributed by atoms with Gasteiger partial charge in [0.25, 0.3) is 0 Å². The second-order valence-corrected chi connectivity index (χ2v) is 6.42. The minimum absolute atomic E-state index is 0.169. The van der Waals surface area contributed by atoms with Gasteiger partial charge >= 0.3 is 5.97 Å². The third kappa shape index (κ3) is 3.77. The number of fused-ring (bicyclic) bond motifs is 3. The summed E-state index contributed by atoms with van der Waals surface area (Å²) in [7, 11) is 1.59. The third-order valence-electron chi connectivity index (χ3n) is 4.58. The summed E-state index contributed by atoms with van der Waals surface area (Å²) in [4.78, 5) is 21.5. The molecule has 0 atom stereocenters. The Bertz CT molecular complexity index is 1240. The van der Waals surface area contributed by atoms with E-state index in [4.69, 9.17) is 9.47 Å². The summed E-state index contributed by atoms with van der Waals surface area (Å²) < 4.78 is 10.4. The lowest BCUT2D eigenvalue weighted by Crippen LogP contribution is -2.20. The molecule has 0 fully saturated rings. The maximum absolute atomic E-state index is 12.5. The molecule has 2 aromatic heterocycles. The smallest absolute Gasteiger partial charge is 0.359 e. The Morgan fingerprint density at radius 1 is 1.03 bits per heavy atom. The molecular formula is C23H20N4O3. The molecule has 0 spiro atoms. The van der Waals surface area contributed by atoms with Crippen molar-refractivity contribution in [1.82, 2.24) is 9.97 Å². The second kappa shape index (κ2) is 8.57. The Balaban J connectivity index is 1.79. The molecular weight excluding hydrogens is 380 g/mol. The van der Waals surface area contributed by atoms with Crippen LogP contribution in [0.4, 0.5) is 5.69 Å². The molecule has 0 aliphatic rings. The predicted octanol–water partition coefficient (Wildman–Crippen LogP) is 4.17. The number of carbonyl (C=O) groups is 1. The first-order chi connectivity index (χ1) is 14.7. The Morgan fingerprint density at radius 2 is 1.77 bits per heavy atom. The van der Waals surface area contributed by atoms with E-state index in [2.05, 4.69) is 20.5 Å². The Labute approximate surface area is 173 Å². The van der Waals surface area contributed by atoms with E-state index in [9.17, 15) is 4.79 Å². The lowest BCUT2D eigenvalue weighted by Gasteiger charge is -2.11. The largest absolute Gasteiger partial charge is 0.497 e. The molecule has 1 N–H and O–H groups in total. The van der Waals surface area contributed by atoms with Crippen molar-refractivity contribution < 1.29 is 14.3 Å². The molecule has 0 bridgehead atoms. The molecule has 0 saturated carbocycles. The van der Waals surface area contributed by atoms with Gasteiger partial charge in [0.15, 0.2) is 5.71 Å². The molecule has 0 unspecified atom stereocenters. The molecule has 0 aliphatic heterocycles. The number of hydrazone groups is 1. The van der Waals surface area contributed by atoms with Crippen molar-refractivity contribution in [3.63, 3.8) is 0 Å². The highest BCUT2D eigenvalue weighted by atomic mass is 16.5. The van der Waals surface area contributed by atoms with Crippen molar-refractivity contribution in [2.75, 3.05) is 19.1 Å². The summed E-state index contributed by atoms with van der Waals surface area (Å²) in [6.07, 6.45) is 3.47. The summed E-state index contributed by atoms with van der Waals surface area (Å²) in [6.45, 7) is 2.01. The standard InChI is InChI=1S/C23H20N4O3/c1-3-30-23(28)21(15-8-10-17(29-2)11-9-15)27-26-19-14-16-6-4-12-24-20(16)22-18(19)7-5-13-25-22/h4-14,26H,3H2,1-2H3/b27-21-. The molecule has 150 valence electrons. The molecule has 7 heteroatoms. The van der Waals surface area contributed by atoms with Gasteiger partial charge in [-0.05, 0) is 55.5 Å². The number of nitrogens with zero attached hydrogens (tertiary/aromatic N) is 3. The lowest BCUT2D eigenvalue weighted by atomic mass is 10.1. The van der Waals surface area contributed by atoms with Crippen molar-refractivity contribution in [2.24, 2.45) is 5.10 Å². The quantitative estimate of drug-likeness (QED) is 0.226. The molecule has 0 aliphatic carbocycles. The second-order valence-electron chi connectivity index (χ2n) is 6.42. The molecule has 4 rings (SSSR count). The highest BCUT2D eigenvalue weighted by Gasteiger charge is 2.16. The number of hydrogen-bond donors (Lipinski definition) is 1. The minimum atomic E-state index is -0.514. The zero-order chi connectivity index (χ0) is 20.9. The van der Waals surface area contributed by atoms with Gasteiger partial charge in [-0.3, -0.25) is 15.4 Å².